The van der Waals surface area contributed by atoms with E-state index in [0.717, 1.165) is 0 Å². The predicted octanol–water partition coefficient (Wildman–Crippen LogP) is 2.25. The Hall–Kier alpha value is -1.68. The van der Waals surface area contributed by atoms with Gasteiger partial charge in [-0.3, -0.25) is 9.59 Å². The Balaban J connectivity index is 2.46. The molecule has 4 nitrogen and oxygen atoms in total. The van der Waals surface area contributed by atoms with Crippen molar-refractivity contribution in [2.45, 2.75) is 20.3 Å². The second-order valence-corrected chi connectivity index (χ2v) is 3.63. The van der Waals surface area contributed by atoms with Gasteiger partial charge in [-0.25, -0.2) is 0 Å². The van der Waals surface area contributed by atoms with Crippen LogP contribution in [0.1, 0.15) is 30.6 Å². The summed E-state index contributed by atoms with van der Waals surface area (Å²) in [6.07, 6.45) is 0.336. The van der Waals surface area contributed by atoms with Crippen LogP contribution in [0, 0.1) is 0 Å². The van der Waals surface area contributed by atoms with Crippen molar-refractivity contribution in [1.82, 2.24) is 0 Å². The van der Waals surface area contributed by atoms with Crippen LogP contribution in [-0.4, -0.2) is 24.9 Å². The van der Waals surface area contributed by atoms with Gasteiger partial charge in [0.05, 0.1) is 13.0 Å². The highest BCUT2D eigenvalue weighted by molar-refractivity contribution is 5.95. The van der Waals surface area contributed by atoms with Gasteiger partial charge in [0.15, 0.2) is 5.78 Å². The summed E-state index contributed by atoms with van der Waals surface area (Å²) in [5.41, 5.74) is 1.33. The molecule has 0 saturated heterocycles. The summed E-state index contributed by atoms with van der Waals surface area (Å²) in [4.78, 5) is 22.5. The van der Waals surface area contributed by atoms with Crippen LogP contribution in [0.2, 0.25) is 0 Å². The maximum atomic E-state index is 11.4. The van der Waals surface area contributed by atoms with Crippen molar-refractivity contribution in [2.24, 2.45) is 0 Å². The summed E-state index contributed by atoms with van der Waals surface area (Å²) in [6.45, 7) is 4.43. The summed E-state index contributed by atoms with van der Waals surface area (Å²) in [6, 6.07) is 6.83. The van der Waals surface area contributed by atoms with Gasteiger partial charge in [-0.2, -0.15) is 0 Å². The third-order valence-electron chi connectivity index (χ3n) is 2.25. The number of benzene rings is 1. The monoisotopic (exact) mass is 235 g/mol. The summed E-state index contributed by atoms with van der Waals surface area (Å²) >= 11 is 0. The highest BCUT2D eigenvalue weighted by atomic mass is 16.5. The highest BCUT2D eigenvalue weighted by Crippen LogP contribution is 2.10. The average molecular weight is 235 g/mol. The minimum absolute atomic E-state index is 0.0132. The van der Waals surface area contributed by atoms with Gasteiger partial charge < -0.3 is 10.1 Å². The lowest BCUT2D eigenvalue weighted by Gasteiger charge is -2.05. The molecule has 0 aromatic heterocycles. The van der Waals surface area contributed by atoms with Gasteiger partial charge in [0.1, 0.15) is 0 Å². The zero-order valence-electron chi connectivity index (χ0n) is 10.2. The summed E-state index contributed by atoms with van der Waals surface area (Å²) in [7, 11) is 0. The molecule has 1 aromatic rings. The van der Waals surface area contributed by atoms with Gasteiger partial charge in [0, 0.05) is 17.9 Å². The van der Waals surface area contributed by atoms with Crippen LogP contribution in [-0.2, 0) is 9.53 Å². The Bertz CT molecular complexity index is 384. The summed E-state index contributed by atoms with van der Waals surface area (Å²) < 4.78 is 5.09. The maximum Gasteiger partial charge on any atom is 0.226 e. The quantitative estimate of drug-likeness (QED) is 0.607. The van der Waals surface area contributed by atoms with Gasteiger partial charge in [0.25, 0.3) is 0 Å². The number of anilines is 1. The second-order valence-electron chi connectivity index (χ2n) is 3.63. The van der Waals surface area contributed by atoms with E-state index in [0.29, 0.717) is 30.9 Å². The first-order valence-corrected chi connectivity index (χ1v) is 5.62. The van der Waals surface area contributed by atoms with E-state index in [1.54, 1.807) is 24.3 Å². The molecule has 0 radical (unpaired) electrons. The van der Waals surface area contributed by atoms with Crippen molar-refractivity contribution in [1.29, 1.82) is 0 Å². The van der Waals surface area contributed by atoms with E-state index in [4.69, 9.17) is 4.74 Å². The Morgan fingerprint density at radius 2 is 1.88 bits per heavy atom. The summed E-state index contributed by atoms with van der Waals surface area (Å²) in [5, 5.41) is 2.74. The third-order valence-corrected chi connectivity index (χ3v) is 2.25. The second kappa shape index (κ2) is 6.81. The molecule has 0 atom stereocenters. The standard InChI is InChI=1S/C13H17NO3/c1-3-17-9-8-13(16)14-12-6-4-11(5-7-12)10(2)15/h4-7H,3,8-9H2,1-2H3,(H,14,16). The molecule has 0 unspecified atom stereocenters. The lowest BCUT2D eigenvalue weighted by atomic mass is 10.1. The van der Waals surface area contributed by atoms with E-state index in [-0.39, 0.29) is 11.7 Å². The fourth-order valence-electron chi connectivity index (χ4n) is 1.32. The fourth-order valence-corrected chi connectivity index (χ4v) is 1.32. The molecule has 1 rings (SSSR count). The smallest absolute Gasteiger partial charge is 0.226 e. The lowest BCUT2D eigenvalue weighted by molar-refractivity contribution is -0.117. The zero-order valence-corrected chi connectivity index (χ0v) is 10.2. The molecule has 0 aliphatic carbocycles. The number of hydrogen-bond donors (Lipinski definition) is 1. The van der Waals surface area contributed by atoms with E-state index < -0.39 is 0 Å². The molecule has 0 bridgehead atoms. The van der Waals surface area contributed by atoms with Crippen LogP contribution in [0.5, 0.6) is 0 Å². The van der Waals surface area contributed by atoms with Gasteiger partial charge >= 0.3 is 0 Å². The fraction of sp³-hybridized carbons (Fsp3) is 0.385. The minimum atomic E-state index is -0.0889. The Labute approximate surface area is 101 Å². The van der Waals surface area contributed by atoms with Crippen LogP contribution >= 0.6 is 0 Å². The Morgan fingerprint density at radius 1 is 1.24 bits per heavy atom. The van der Waals surface area contributed by atoms with Crippen molar-refractivity contribution >= 4 is 17.4 Å². The Kier molecular flexibility index (Phi) is 5.36. The molecule has 17 heavy (non-hydrogen) atoms. The number of carbonyl (C=O) groups is 2. The van der Waals surface area contributed by atoms with Crippen LogP contribution in [0.15, 0.2) is 24.3 Å². The molecule has 0 heterocycles. The van der Waals surface area contributed by atoms with E-state index in [2.05, 4.69) is 5.32 Å². The van der Waals surface area contributed by atoms with Crippen molar-refractivity contribution in [3.05, 3.63) is 29.8 Å². The molecular weight excluding hydrogens is 218 g/mol. The van der Waals surface area contributed by atoms with Gasteiger partial charge in [-0.05, 0) is 38.1 Å². The zero-order chi connectivity index (χ0) is 12.7. The topological polar surface area (TPSA) is 55.4 Å². The van der Waals surface area contributed by atoms with Crippen LogP contribution in [0.4, 0.5) is 5.69 Å². The summed E-state index contributed by atoms with van der Waals surface area (Å²) in [5.74, 6) is -0.0757. The number of ether oxygens (including phenoxy) is 1. The number of amides is 1. The first-order valence-electron chi connectivity index (χ1n) is 5.62. The van der Waals surface area contributed by atoms with Crippen molar-refractivity contribution < 1.29 is 14.3 Å². The number of ketones is 1. The number of rotatable bonds is 6. The molecular formula is C13H17NO3. The molecule has 0 saturated carbocycles. The molecule has 0 spiro atoms. The molecule has 1 N–H and O–H groups in total. The molecule has 92 valence electrons. The first-order chi connectivity index (χ1) is 8.13. The molecule has 4 heteroatoms. The molecule has 1 aromatic carbocycles. The number of nitrogens with one attached hydrogen (secondary N) is 1. The average Bonchev–Trinajstić information content (AvgIpc) is 2.30. The Morgan fingerprint density at radius 3 is 2.41 bits per heavy atom. The molecule has 0 aliphatic rings. The maximum absolute atomic E-state index is 11.4. The minimum Gasteiger partial charge on any atom is -0.381 e. The first kappa shape index (κ1) is 13.4. The third kappa shape index (κ3) is 4.78. The van der Waals surface area contributed by atoms with Crippen LogP contribution in [0.3, 0.4) is 0 Å². The van der Waals surface area contributed by atoms with Gasteiger partial charge in [-0.1, -0.05) is 0 Å². The largest absolute Gasteiger partial charge is 0.381 e. The van der Waals surface area contributed by atoms with E-state index >= 15 is 0 Å². The molecule has 0 aliphatic heterocycles. The molecule has 1 amide bonds. The van der Waals surface area contributed by atoms with Gasteiger partial charge in [-0.15, -0.1) is 0 Å². The van der Waals surface area contributed by atoms with Crippen molar-refractivity contribution in [3.63, 3.8) is 0 Å². The number of hydrogen-bond acceptors (Lipinski definition) is 3. The lowest BCUT2D eigenvalue weighted by Crippen LogP contribution is -2.14. The van der Waals surface area contributed by atoms with Crippen LogP contribution < -0.4 is 5.32 Å². The van der Waals surface area contributed by atoms with E-state index in [9.17, 15) is 9.59 Å². The van der Waals surface area contributed by atoms with Gasteiger partial charge in [0.2, 0.25) is 5.91 Å². The highest BCUT2D eigenvalue weighted by Gasteiger charge is 2.03. The number of Topliss-reactive ketones (excluding diaryl/α,β-unsaturated/α-hetero) is 1. The van der Waals surface area contributed by atoms with E-state index in [1.165, 1.54) is 6.92 Å². The van der Waals surface area contributed by atoms with Crippen molar-refractivity contribution in [3.8, 4) is 0 Å². The SMILES string of the molecule is CCOCCC(=O)Nc1ccc(C(C)=O)cc1. The van der Waals surface area contributed by atoms with Crippen molar-refractivity contribution in [2.75, 3.05) is 18.5 Å². The van der Waals surface area contributed by atoms with E-state index in [1.807, 2.05) is 6.92 Å². The normalized spacial score (nSPS) is 10.0. The van der Waals surface area contributed by atoms with Crippen LogP contribution in [0.25, 0.3) is 0 Å². The molecule has 0 fully saturated rings. The predicted molar refractivity (Wildman–Crippen MR) is 66.2 cm³/mol. The number of carbonyl (C=O) groups excluding carboxylic acids is 2.